The lowest BCUT2D eigenvalue weighted by Crippen LogP contribution is -2.47. The van der Waals surface area contributed by atoms with E-state index in [2.05, 4.69) is 4.98 Å². The maximum atomic E-state index is 13.7. The number of amides is 1. The van der Waals surface area contributed by atoms with E-state index in [9.17, 15) is 24.3 Å². The summed E-state index contributed by atoms with van der Waals surface area (Å²) >= 11 is 1.59. The van der Waals surface area contributed by atoms with Crippen LogP contribution in [0.5, 0.6) is 0 Å². The molecule has 1 fully saturated rings. The molecule has 0 bridgehead atoms. The minimum absolute atomic E-state index is 0.0142. The van der Waals surface area contributed by atoms with Crippen molar-refractivity contribution in [2.75, 3.05) is 6.54 Å². The lowest BCUT2D eigenvalue weighted by Gasteiger charge is -2.34. The van der Waals surface area contributed by atoms with E-state index in [1.165, 1.54) is 4.90 Å². The molecule has 1 saturated heterocycles. The number of aromatic nitrogens is 1. The van der Waals surface area contributed by atoms with Crippen molar-refractivity contribution in [1.29, 1.82) is 0 Å². The predicted molar refractivity (Wildman–Crippen MR) is 150 cm³/mol. The van der Waals surface area contributed by atoms with Gasteiger partial charge in [-0.15, -0.1) is 11.3 Å². The van der Waals surface area contributed by atoms with Crippen molar-refractivity contribution in [1.82, 2.24) is 9.88 Å². The van der Waals surface area contributed by atoms with Gasteiger partial charge in [0.05, 0.1) is 28.2 Å². The largest absolute Gasteiger partial charge is 0.481 e. The van der Waals surface area contributed by atoms with Crippen LogP contribution in [0.2, 0.25) is 0 Å². The van der Waals surface area contributed by atoms with Crippen LogP contribution in [0, 0.1) is 18.3 Å². The Balaban J connectivity index is 1.62. The molecule has 1 aromatic carbocycles. The average molecular weight is 557 g/mol. The highest BCUT2D eigenvalue weighted by Gasteiger charge is 2.43. The zero-order valence-electron chi connectivity index (χ0n) is 23.3. The van der Waals surface area contributed by atoms with Gasteiger partial charge in [-0.25, -0.2) is 4.98 Å². The molecule has 39 heavy (non-hydrogen) atoms. The molecule has 0 saturated carbocycles. The molecule has 1 amide bonds. The zero-order chi connectivity index (χ0) is 28.7. The molecule has 0 aliphatic carbocycles. The van der Waals surface area contributed by atoms with E-state index in [1.54, 1.807) is 11.3 Å². The third kappa shape index (κ3) is 8.54. The minimum Gasteiger partial charge on any atom is -0.481 e. The number of carbonyl (C=O) groups excluding carboxylic acids is 3. The summed E-state index contributed by atoms with van der Waals surface area (Å²) in [6.07, 6.45) is 1.36. The second-order valence-corrected chi connectivity index (χ2v) is 12.4. The molecule has 0 radical (unpaired) electrons. The zero-order valence-corrected chi connectivity index (χ0v) is 24.1. The number of aliphatic carboxylic acids is 1. The van der Waals surface area contributed by atoms with Gasteiger partial charge in [-0.05, 0) is 42.7 Å². The molecule has 212 valence electrons. The molecular weight excluding hydrogens is 516 g/mol. The molecule has 8 nitrogen and oxygen atoms in total. The smallest absolute Gasteiger partial charge is 0.303 e. The highest BCUT2D eigenvalue weighted by atomic mass is 32.1. The average Bonchev–Trinajstić information content (AvgIpc) is 3.48. The third-order valence-corrected chi connectivity index (χ3v) is 8.40. The minimum atomic E-state index is -0.892. The Morgan fingerprint density at radius 1 is 1.08 bits per heavy atom. The van der Waals surface area contributed by atoms with Crippen molar-refractivity contribution in [3.8, 4) is 10.4 Å². The molecule has 3 atom stereocenters. The van der Waals surface area contributed by atoms with Crippen LogP contribution in [0.4, 0.5) is 0 Å². The number of benzene rings is 1. The van der Waals surface area contributed by atoms with Crippen LogP contribution in [-0.2, 0) is 25.6 Å². The standard InChI is InChI=1S/C30H40N2O6S/c1-19-28(39-18-31-19)21-12-9-20(10-13-21)11-14-26(35)25-16-23(34)17-32(25)29(38)24(30(2,3)4)15-22(33)7-5-6-8-27(36)37/h9-10,12-13,18,23-25,34H,5-8,11,14-17H2,1-4H3,(H,36,37)/t23-,24-,25+/m1/s1. The normalized spacial score (nSPS) is 18.2. The number of aliphatic hydroxyl groups is 1. The Bertz CT molecular complexity index is 1170. The van der Waals surface area contributed by atoms with Crippen molar-refractivity contribution in [2.24, 2.45) is 11.3 Å². The quantitative estimate of drug-likeness (QED) is 0.338. The number of likely N-dealkylation sites (tertiary alicyclic amines) is 1. The molecule has 2 heterocycles. The summed E-state index contributed by atoms with van der Waals surface area (Å²) < 4.78 is 0. The Morgan fingerprint density at radius 3 is 2.33 bits per heavy atom. The van der Waals surface area contributed by atoms with E-state index in [1.807, 2.05) is 57.5 Å². The molecule has 3 rings (SSSR count). The maximum Gasteiger partial charge on any atom is 0.303 e. The van der Waals surface area contributed by atoms with Crippen LogP contribution in [0.25, 0.3) is 10.4 Å². The fraction of sp³-hybridized carbons (Fsp3) is 0.567. The monoisotopic (exact) mass is 556 g/mol. The van der Waals surface area contributed by atoms with Crippen molar-refractivity contribution in [3.05, 3.63) is 41.0 Å². The van der Waals surface area contributed by atoms with Crippen molar-refractivity contribution in [2.45, 2.75) is 91.2 Å². The van der Waals surface area contributed by atoms with E-state index >= 15 is 0 Å². The van der Waals surface area contributed by atoms with Gasteiger partial charge in [-0.2, -0.15) is 0 Å². The summed E-state index contributed by atoms with van der Waals surface area (Å²) in [7, 11) is 0. The predicted octanol–water partition coefficient (Wildman–Crippen LogP) is 4.85. The van der Waals surface area contributed by atoms with Crippen LogP contribution in [-0.4, -0.2) is 62.2 Å². The molecule has 1 aliphatic rings. The van der Waals surface area contributed by atoms with Gasteiger partial charge in [0, 0.05) is 44.6 Å². The summed E-state index contributed by atoms with van der Waals surface area (Å²) in [4.78, 5) is 57.3. The lowest BCUT2D eigenvalue weighted by molar-refractivity contribution is -0.145. The number of carboxylic acid groups (broad SMARTS) is 1. The molecular formula is C30H40N2O6S. The molecule has 0 unspecified atom stereocenters. The second-order valence-electron chi connectivity index (χ2n) is 11.6. The summed E-state index contributed by atoms with van der Waals surface area (Å²) in [5, 5.41) is 19.2. The summed E-state index contributed by atoms with van der Waals surface area (Å²) in [5.41, 5.74) is 4.40. The first-order valence-corrected chi connectivity index (χ1v) is 14.5. The number of carboxylic acids is 1. The van der Waals surface area contributed by atoms with Gasteiger partial charge in [-0.3, -0.25) is 19.2 Å². The number of ketones is 2. The maximum absolute atomic E-state index is 13.7. The first-order valence-electron chi connectivity index (χ1n) is 13.6. The summed E-state index contributed by atoms with van der Waals surface area (Å²) in [6.45, 7) is 7.75. The third-order valence-electron chi connectivity index (χ3n) is 7.43. The number of unbranched alkanes of at least 4 members (excludes halogenated alkanes) is 1. The molecule has 1 aromatic heterocycles. The van der Waals surface area contributed by atoms with Gasteiger partial charge in [0.2, 0.25) is 5.91 Å². The number of Topliss-reactive ketones (excluding diaryl/α,β-unsaturated/α-hetero) is 2. The molecule has 2 aromatic rings. The number of thiazole rings is 1. The van der Waals surface area contributed by atoms with Crippen LogP contribution in [0.1, 0.15) is 77.0 Å². The second kappa shape index (κ2) is 13.4. The van der Waals surface area contributed by atoms with Gasteiger partial charge in [0.25, 0.3) is 0 Å². The molecule has 0 spiro atoms. The first kappa shape index (κ1) is 30.6. The van der Waals surface area contributed by atoms with Crippen molar-refractivity contribution in [3.63, 3.8) is 0 Å². The van der Waals surface area contributed by atoms with Crippen LogP contribution >= 0.6 is 11.3 Å². The van der Waals surface area contributed by atoms with E-state index in [-0.39, 0.29) is 56.1 Å². The Morgan fingerprint density at radius 2 is 1.74 bits per heavy atom. The van der Waals surface area contributed by atoms with Crippen molar-refractivity contribution >= 4 is 34.8 Å². The highest BCUT2D eigenvalue weighted by molar-refractivity contribution is 7.13. The van der Waals surface area contributed by atoms with Crippen LogP contribution < -0.4 is 0 Å². The van der Waals surface area contributed by atoms with E-state index in [4.69, 9.17) is 5.11 Å². The highest BCUT2D eigenvalue weighted by Crippen LogP contribution is 2.34. The van der Waals surface area contributed by atoms with Crippen molar-refractivity contribution < 1.29 is 29.4 Å². The van der Waals surface area contributed by atoms with E-state index in [0.29, 0.717) is 19.3 Å². The topological polar surface area (TPSA) is 125 Å². The van der Waals surface area contributed by atoms with Crippen LogP contribution in [0.15, 0.2) is 29.8 Å². The number of hydrogen-bond acceptors (Lipinski definition) is 7. The van der Waals surface area contributed by atoms with Crippen LogP contribution in [0.3, 0.4) is 0 Å². The number of aryl methyl sites for hydroxylation is 2. The number of carbonyl (C=O) groups is 4. The number of nitrogens with zero attached hydrogens (tertiary/aromatic N) is 2. The Kier molecular flexibility index (Phi) is 10.6. The van der Waals surface area contributed by atoms with Gasteiger partial charge in [0.1, 0.15) is 5.78 Å². The summed E-state index contributed by atoms with van der Waals surface area (Å²) in [5.74, 6) is -1.98. The Labute approximate surface area is 234 Å². The number of β-amino-alcohol motifs (C(OH)–C–C–N with tert-alkyl or cyclic N) is 1. The van der Waals surface area contributed by atoms with E-state index in [0.717, 1.165) is 21.7 Å². The van der Waals surface area contributed by atoms with Gasteiger partial charge in [0.15, 0.2) is 5.78 Å². The van der Waals surface area contributed by atoms with Gasteiger partial charge < -0.3 is 15.1 Å². The Hall–Kier alpha value is -2.91. The number of rotatable bonds is 13. The SMILES string of the molecule is Cc1ncsc1-c1ccc(CCC(=O)[C@@H]2C[C@@H](O)CN2C(=O)[C@@H](CC(=O)CCCCC(=O)O)C(C)(C)C)cc1. The molecule has 9 heteroatoms. The molecule has 2 N–H and O–H groups in total. The van der Waals surface area contributed by atoms with Gasteiger partial charge >= 0.3 is 5.97 Å². The first-order chi connectivity index (χ1) is 18.4. The lowest BCUT2D eigenvalue weighted by atomic mass is 9.76. The fourth-order valence-electron chi connectivity index (χ4n) is 5.09. The van der Waals surface area contributed by atoms with E-state index < -0.39 is 29.4 Å². The number of hydrogen-bond donors (Lipinski definition) is 2. The summed E-state index contributed by atoms with van der Waals surface area (Å²) in [6, 6.07) is 7.37. The fourth-order valence-corrected chi connectivity index (χ4v) is 5.90. The number of aliphatic hydroxyl groups excluding tert-OH is 1. The molecule has 1 aliphatic heterocycles. The van der Waals surface area contributed by atoms with Gasteiger partial charge in [-0.1, -0.05) is 45.0 Å².